The van der Waals surface area contributed by atoms with Gasteiger partial charge in [-0.2, -0.15) is 0 Å². The van der Waals surface area contributed by atoms with E-state index in [1.807, 2.05) is 36.4 Å². The first-order chi connectivity index (χ1) is 11.2. The Hall–Kier alpha value is -2.62. The topological polar surface area (TPSA) is 55.4 Å². The van der Waals surface area contributed by atoms with Crippen molar-refractivity contribution in [1.82, 2.24) is 5.32 Å². The fraction of sp³-hybridized carbons (Fsp3) is 0.263. The van der Waals surface area contributed by atoms with Crippen molar-refractivity contribution >= 4 is 11.7 Å². The van der Waals surface area contributed by atoms with Crippen molar-refractivity contribution < 1.29 is 14.3 Å². The zero-order valence-corrected chi connectivity index (χ0v) is 13.2. The molecule has 0 bridgehead atoms. The molecule has 2 rings (SSSR count). The lowest BCUT2D eigenvalue weighted by Gasteiger charge is -2.21. The van der Waals surface area contributed by atoms with E-state index in [1.165, 1.54) is 0 Å². The number of Topliss-reactive ketones (excluding diaryl/α,β-unsaturated/α-hetero) is 1. The Morgan fingerprint density at radius 2 is 2.17 bits per heavy atom. The van der Waals surface area contributed by atoms with Gasteiger partial charge in [0.2, 0.25) is 5.91 Å². The van der Waals surface area contributed by atoms with Crippen molar-refractivity contribution in [1.29, 1.82) is 0 Å². The maximum absolute atomic E-state index is 12.0. The standard InChI is InChI=1S/C19H21NO3/c1-3-14(18-16(21)12-13-20-19(18)22)8-4-5-9-15-10-6-7-11-17(15)23-2/h3-8,10-11,18H,1,9,12-13H2,2H3,(H,20,22)/b5-4+,14-8+. The third kappa shape index (κ3) is 4.19. The fourth-order valence-electron chi connectivity index (χ4n) is 2.57. The van der Waals surface area contributed by atoms with Crippen molar-refractivity contribution in [2.24, 2.45) is 5.92 Å². The van der Waals surface area contributed by atoms with Crippen LogP contribution < -0.4 is 10.1 Å². The van der Waals surface area contributed by atoms with Crippen molar-refractivity contribution in [3.63, 3.8) is 0 Å². The van der Waals surface area contributed by atoms with Gasteiger partial charge in [-0.3, -0.25) is 9.59 Å². The molecule has 120 valence electrons. The number of nitrogens with one attached hydrogen (secondary N) is 1. The van der Waals surface area contributed by atoms with E-state index < -0.39 is 5.92 Å². The van der Waals surface area contributed by atoms with E-state index in [0.29, 0.717) is 25.0 Å². The lowest BCUT2D eigenvalue weighted by Crippen LogP contribution is -2.43. The Kier molecular flexibility index (Phi) is 5.92. The first-order valence-corrected chi connectivity index (χ1v) is 7.59. The molecule has 1 N–H and O–H groups in total. The van der Waals surface area contributed by atoms with Crippen molar-refractivity contribution in [2.75, 3.05) is 13.7 Å². The minimum Gasteiger partial charge on any atom is -0.496 e. The van der Waals surface area contributed by atoms with E-state index in [9.17, 15) is 9.59 Å². The van der Waals surface area contributed by atoms with Crippen LogP contribution in [-0.4, -0.2) is 25.3 Å². The van der Waals surface area contributed by atoms with Gasteiger partial charge in [-0.25, -0.2) is 0 Å². The number of benzene rings is 1. The summed E-state index contributed by atoms with van der Waals surface area (Å²) < 4.78 is 5.30. The molecule has 0 spiro atoms. The zero-order valence-electron chi connectivity index (χ0n) is 13.2. The molecule has 1 unspecified atom stereocenters. The van der Waals surface area contributed by atoms with Crippen LogP contribution in [0.3, 0.4) is 0 Å². The summed E-state index contributed by atoms with van der Waals surface area (Å²) in [6, 6.07) is 7.80. The van der Waals surface area contributed by atoms with Crippen LogP contribution in [0.1, 0.15) is 12.0 Å². The molecular weight excluding hydrogens is 290 g/mol. The highest BCUT2D eigenvalue weighted by Crippen LogP contribution is 2.20. The van der Waals surface area contributed by atoms with E-state index in [1.54, 1.807) is 19.3 Å². The Labute approximate surface area is 136 Å². The molecule has 0 saturated carbocycles. The van der Waals surface area contributed by atoms with E-state index in [4.69, 9.17) is 4.74 Å². The van der Waals surface area contributed by atoms with Gasteiger partial charge in [0.25, 0.3) is 0 Å². The van der Waals surface area contributed by atoms with Crippen LogP contribution in [0.25, 0.3) is 0 Å². The predicted molar refractivity (Wildman–Crippen MR) is 90.2 cm³/mol. The smallest absolute Gasteiger partial charge is 0.235 e. The lowest BCUT2D eigenvalue weighted by atomic mass is 9.89. The minimum absolute atomic E-state index is 0.0574. The highest BCUT2D eigenvalue weighted by atomic mass is 16.5. The van der Waals surface area contributed by atoms with Crippen LogP contribution in [0, 0.1) is 5.92 Å². The quantitative estimate of drug-likeness (QED) is 0.649. The maximum Gasteiger partial charge on any atom is 0.235 e. The summed E-state index contributed by atoms with van der Waals surface area (Å²) in [6.07, 6.45) is 8.23. The molecular formula is C19H21NO3. The molecule has 1 aromatic carbocycles. The third-order valence-corrected chi connectivity index (χ3v) is 3.78. The molecule has 1 saturated heterocycles. The average molecular weight is 311 g/mol. The number of carbonyl (C=O) groups excluding carboxylic acids is 2. The van der Waals surface area contributed by atoms with Crippen molar-refractivity contribution in [2.45, 2.75) is 12.8 Å². The highest BCUT2D eigenvalue weighted by Gasteiger charge is 2.31. The summed E-state index contributed by atoms with van der Waals surface area (Å²) in [6.45, 7) is 4.13. The van der Waals surface area contributed by atoms with Gasteiger partial charge in [0.1, 0.15) is 11.7 Å². The van der Waals surface area contributed by atoms with Gasteiger partial charge in [-0.1, -0.05) is 49.1 Å². The normalized spacial score (nSPS) is 18.8. The van der Waals surface area contributed by atoms with E-state index in [2.05, 4.69) is 11.9 Å². The van der Waals surface area contributed by atoms with Gasteiger partial charge in [0.15, 0.2) is 5.78 Å². The highest BCUT2D eigenvalue weighted by molar-refractivity contribution is 6.06. The van der Waals surface area contributed by atoms with Crippen LogP contribution in [0.5, 0.6) is 5.75 Å². The number of amides is 1. The molecule has 4 nitrogen and oxygen atoms in total. The second kappa shape index (κ2) is 8.13. The Bertz CT molecular complexity index is 642. The third-order valence-electron chi connectivity index (χ3n) is 3.78. The molecule has 1 aromatic rings. The van der Waals surface area contributed by atoms with Crippen molar-refractivity contribution in [3.8, 4) is 5.75 Å². The Balaban J connectivity index is 2.08. The van der Waals surface area contributed by atoms with Gasteiger partial charge in [0.05, 0.1) is 7.11 Å². The van der Waals surface area contributed by atoms with E-state index >= 15 is 0 Å². The Morgan fingerprint density at radius 1 is 1.39 bits per heavy atom. The number of ketones is 1. The SMILES string of the molecule is C=C/C(=C\C=C\Cc1ccccc1OC)C1C(=O)CCNC1=O. The number of carbonyl (C=O) groups is 2. The summed E-state index contributed by atoms with van der Waals surface area (Å²) in [7, 11) is 1.64. The molecule has 4 heteroatoms. The van der Waals surface area contributed by atoms with E-state index in [0.717, 1.165) is 11.3 Å². The molecule has 1 heterocycles. The summed E-state index contributed by atoms with van der Waals surface area (Å²) in [4.78, 5) is 23.8. The number of hydrogen-bond donors (Lipinski definition) is 1. The molecule has 1 atom stereocenters. The van der Waals surface area contributed by atoms with Gasteiger partial charge >= 0.3 is 0 Å². The molecule has 0 aromatic heterocycles. The summed E-state index contributed by atoms with van der Waals surface area (Å²) in [5.41, 5.74) is 1.70. The number of allylic oxidation sites excluding steroid dienone is 4. The zero-order chi connectivity index (χ0) is 16.7. The number of methoxy groups -OCH3 is 1. The van der Waals surface area contributed by atoms with Gasteiger partial charge in [-0.15, -0.1) is 0 Å². The average Bonchev–Trinajstić information content (AvgIpc) is 2.57. The van der Waals surface area contributed by atoms with Gasteiger partial charge in [0, 0.05) is 13.0 Å². The number of piperidine rings is 1. The lowest BCUT2D eigenvalue weighted by molar-refractivity contribution is -0.134. The molecule has 0 aliphatic carbocycles. The minimum atomic E-state index is -0.739. The molecule has 1 aliphatic heterocycles. The van der Waals surface area contributed by atoms with Crippen LogP contribution in [0.15, 0.2) is 60.7 Å². The van der Waals surface area contributed by atoms with Gasteiger partial charge in [-0.05, 0) is 23.6 Å². The largest absolute Gasteiger partial charge is 0.496 e. The Morgan fingerprint density at radius 3 is 2.87 bits per heavy atom. The van der Waals surface area contributed by atoms with Crippen LogP contribution in [0.4, 0.5) is 0 Å². The van der Waals surface area contributed by atoms with Crippen LogP contribution in [0.2, 0.25) is 0 Å². The molecule has 1 amide bonds. The summed E-state index contributed by atoms with van der Waals surface area (Å²) in [5.74, 6) is -0.201. The first-order valence-electron chi connectivity index (χ1n) is 7.59. The molecule has 0 radical (unpaired) electrons. The van der Waals surface area contributed by atoms with Crippen LogP contribution >= 0.6 is 0 Å². The fourth-order valence-corrected chi connectivity index (χ4v) is 2.57. The summed E-state index contributed by atoms with van der Waals surface area (Å²) >= 11 is 0. The second-order valence-corrected chi connectivity index (χ2v) is 5.26. The molecule has 1 fully saturated rings. The van der Waals surface area contributed by atoms with Crippen LogP contribution in [-0.2, 0) is 16.0 Å². The monoisotopic (exact) mass is 311 g/mol. The molecule has 1 aliphatic rings. The first kappa shape index (κ1) is 16.7. The number of para-hydroxylation sites is 1. The second-order valence-electron chi connectivity index (χ2n) is 5.26. The van der Waals surface area contributed by atoms with E-state index in [-0.39, 0.29) is 11.7 Å². The number of rotatable bonds is 6. The molecule has 23 heavy (non-hydrogen) atoms. The van der Waals surface area contributed by atoms with Gasteiger partial charge < -0.3 is 10.1 Å². The van der Waals surface area contributed by atoms with Crippen molar-refractivity contribution in [3.05, 3.63) is 66.3 Å². The number of ether oxygens (including phenoxy) is 1. The number of hydrogen-bond acceptors (Lipinski definition) is 3. The maximum atomic E-state index is 12.0. The summed E-state index contributed by atoms with van der Waals surface area (Å²) in [5, 5.41) is 2.72. The predicted octanol–water partition coefficient (Wildman–Crippen LogP) is 2.61.